The van der Waals surface area contributed by atoms with Crippen LogP contribution in [-0.4, -0.2) is 29.3 Å². The van der Waals surface area contributed by atoms with Crippen molar-refractivity contribution in [2.45, 2.75) is 38.5 Å². The van der Waals surface area contributed by atoms with Crippen molar-refractivity contribution >= 4 is 5.97 Å². The van der Waals surface area contributed by atoms with Crippen molar-refractivity contribution in [3.8, 4) is 0 Å². The molecule has 94 valence electrons. The number of aromatic nitrogens is 1. The molecule has 1 aromatic rings. The van der Waals surface area contributed by atoms with Gasteiger partial charge in [0.05, 0.1) is 5.69 Å². The van der Waals surface area contributed by atoms with Crippen molar-refractivity contribution in [2.75, 3.05) is 13.2 Å². The van der Waals surface area contributed by atoms with Crippen molar-refractivity contribution in [1.29, 1.82) is 0 Å². The molecule has 1 fully saturated rings. The summed E-state index contributed by atoms with van der Waals surface area (Å²) in [6, 6.07) is 0. The van der Waals surface area contributed by atoms with Crippen LogP contribution < -0.4 is 0 Å². The molecule has 1 aliphatic heterocycles. The lowest BCUT2D eigenvalue weighted by atomic mass is 9.95. The Balaban J connectivity index is 2.32. The van der Waals surface area contributed by atoms with Crippen LogP contribution in [0.15, 0.2) is 4.42 Å². The average Bonchev–Trinajstić information content (AvgIpc) is 2.75. The summed E-state index contributed by atoms with van der Waals surface area (Å²) in [7, 11) is 0. The largest absolute Gasteiger partial charge is 0.475 e. The monoisotopic (exact) mass is 239 g/mol. The molecule has 2 rings (SSSR count). The molecule has 0 unspecified atom stereocenters. The number of nitrogens with zero attached hydrogens (tertiary/aromatic N) is 1. The molecular weight excluding hydrogens is 222 g/mol. The highest BCUT2D eigenvalue weighted by molar-refractivity contribution is 5.85. The zero-order valence-electron chi connectivity index (χ0n) is 10.1. The third-order valence-corrected chi connectivity index (χ3v) is 2.97. The average molecular weight is 239 g/mol. The molecule has 0 bridgehead atoms. The zero-order valence-corrected chi connectivity index (χ0v) is 10.1. The van der Waals surface area contributed by atoms with Crippen molar-refractivity contribution in [2.24, 2.45) is 0 Å². The quantitative estimate of drug-likeness (QED) is 0.876. The number of rotatable bonds is 3. The van der Waals surface area contributed by atoms with Gasteiger partial charge in [-0.3, -0.25) is 0 Å². The van der Waals surface area contributed by atoms with Crippen LogP contribution in [0.4, 0.5) is 0 Å². The summed E-state index contributed by atoms with van der Waals surface area (Å²) >= 11 is 0. The van der Waals surface area contributed by atoms with Crippen LogP contribution in [0.5, 0.6) is 0 Å². The van der Waals surface area contributed by atoms with E-state index >= 15 is 0 Å². The fourth-order valence-electron chi connectivity index (χ4n) is 2.00. The third kappa shape index (κ3) is 2.49. The highest BCUT2D eigenvalue weighted by Gasteiger charge is 2.28. The Morgan fingerprint density at radius 2 is 2.06 bits per heavy atom. The van der Waals surface area contributed by atoms with Gasteiger partial charge in [0.15, 0.2) is 5.89 Å². The Hall–Kier alpha value is -1.36. The SMILES string of the molecule is CC(C)c1nc(C2CCOCC2)c(C(=O)O)o1. The molecule has 0 aromatic carbocycles. The number of hydrogen-bond donors (Lipinski definition) is 1. The van der Waals surface area contributed by atoms with Crippen LogP contribution in [0.2, 0.25) is 0 Å². The van der Waals surface area contributed by atoms with E-state index in [9.17, 15) is 4.79 Å². The second-order valence-electron chi connectivity index (χ2n) is 4.61. The normalized spacial score (nSPS) is 17.6. The summed E-state index contributed by atoms with van der Waals surface area (Å²) in [4.78, 5) is 15.5. The van der Waals surface area contributed by atoms with Crippen molar-refractivity contribution in [3.63, 3.8) is 0 Å². The summed E-state index contributed by atoms with van der Waals surface area (Å²) in [6.45, 7) is 5.19. The number of ether oxygens (including phenoxy) is 1. The van der Waals surface area contributed by atoms with E-state index in [4.69, 9.17) is 14.3 Å². The highest BCUT2D eigenvalue weighted by Crippen LogP contribution is 2.31. The van der Waals surface area contributed by atoms with Crippen molar-refractivity contribution in [1.82, 2.24) is 4.98 Å². The number of oxazole rings is 1. The molecule has 0 saturated carbocycles. The van der Waals surface area contributed by atoms with Crippen LogP contribution in [0, 0.1) is 0 Å². The second-order valence-corrected chi connectivity index (χ2v) is 4.61. The molecule has 2 heterocycles. The lowest BCUT2D eigenvalue weighted by molar-refractivity contribution is 0.0646. The molecule has 1 aromatic heterocycles. The van der Waals surface area contributed by atoms with Gasteiger partial charge in [0.25, 0.3) is 0 Å². The summed E-state index contributed by atoms with van der Waals surface area (Å²) in [5.74, 6) is -0.289. The van der Waals surface area contributed by atoms with Crippen molar-refractivity contribution < 1.29 is 19.1 Å². The van der Waals surface area contributed by atoms with Gasteiger partial charge in [0, 0.05) is 25.0 Å². The number of hydrogen-bond acceptors (Lipinski definition) is 4. The Labute approximate surface area is 99.8 Å². The van der Waals surface area contributed by atoms with Crippen LogP contribution in [-0.2, 0) is 4.74 Å². The molecule has 5 nitrogen and oxygen atoms in total. The molecule has 0 spiro atoms. The van der Waals surface area contributed by atoms with Crippen molar-refractivity contribution in [3.05, 3.63) is 17.3 Å². The van der Waals surface area contributed by atoms with Gasteiger partial charge in [-0.2, -0.15) is 0 Å². The maximum absolute atomic E-state index is 11.1. The van der Waals surface area contributed by atoms with Gasteiger partial charge in [-0.25, -0.2) is 9.78 Å². The molecule has 17 heavy (non-hydrogen) atoms. The molecule has 1 saturated heterocycles. The van der Waals surface area contributed by atoms with Gasteiger partial charge in [-0.1, -0.05) is 13.8 Å². The number of carboxylic acid groups (broad SMARTS) is 1. The number of carboxylic acids is 1. The van der Waals surface area contributed by atoms with Gasteiger partial charge >= 0.3 is 5.97 Å². The van der Waals surface area contributed by atoms with Gasteiger partial charge in [0.2, 0.25) is 5.76 Å². The fraction of sp³-hybridized carbons (Fsp3) is 0.667. The summed E-state index contributed by atoms with van der Waals surface area (Å²) < 4.78 is 10.6. The summed E-state index contributed by atoms with van der Waals surface area (Å²) in [5.41, 5.74) is 0.588. The fourth-order valence-corrected chi connectivity index (χ4v) is 2.00. The van der Waals surface area contributed by atoms with E-state index < -0.39 is 5.97 Å². The van der Waals surface area contributed by atoms with E-state index in [0.717, 1.165) is 12.8 Å². The topological polar surface area (TPSA) is 72.6 Å². The molecule has 0 atom stereocenters. The van der Waals surface area contributed by atoms with E-state index in [1.165, 1.54) is 0 Å². The first-order chi connectivity index (χ1) is 8.09. The molecule has 1 aliphatic rings. The molecule has 5 heteroatoms. The number of carbonyl (C=O) groups is 1. The lowest BCUT2D eigenvalue weighted by Gasteiger charge is -2.20. The minimum absolute atomic E-state index is 0.000556. The molecule has 1 N–H and O–H groups in total. The van der Waals surface area contributed by atoms with Crippen LogP contribution in [0.1, 0.15) is 60.7 Å². The molecule has 0 amide bonds. The molecular formula is C12H17NO4. The summed E-state index contributed by atoms with van der Waals surface area (Å²) in [5, 5.41) is 9.13. The Bertz CT molecular complexity index is 405. The smallest absolute Gasteiger partial charge is 0.373 e. The molecule has 0 radical (unpaired) electrons. The van der Waals surface area contributed by atoms with Gasteiger partial charge < -0.3 is 14.3 Å². The Morgan fingerprint density at radius 1 is 1.41 bits per heavy atom. The van der Waals surface area contributed by atoms with E-state index in [2.05, 4.69) is 4.98 Å². The Kier molecular flexibility index (Phi) is 3.47. The van der Waals surface area contributed by atoms with Crippen LogP contribution in [0.3, 0.4) is 0 Å². The minimum Gasteiger partial charge on any atom is -0.475 e. The zero-order chi connectivity index (χ0) is 12.4. The van der Waals surface area contributed by atoms with Gasteiger partial charge in [0.1, 0.15) is 0 Å². The van der Waals surface area contributed by atoms with E-state index in [0.29, 0.717) is 24.8 Å². The van der Waals surface area contributed by atoms with Gasteiger partial charge in [-0.05, 0) is 12.8 Å². The predicted molar refractivity (Wildman–Crippen MR) is 60.3 cm³/mol. The predicted octanol–water partition coefficient (Wildman–Crippen LogP) is 2.39. The third-order valence-electron chi connectivity index (χ3n) is 2.97. The van der Waals surface area contributed by atoms with E-state index in [-0.39, 0.29) is 17.6 Å². The van der Waals surface area contributed by atoms with Crippen LogP contribution in [0.25, 0.3) is 0 Å². The lowest BCUT2D eigenvalue weighted by Crippen LogP contribution is -2.16. The first-order valence-electron chi connectivity index (χ1n) is 5.91. The van der Waals surface area contributed by atoms with Gasteiger partial charge in [-0.15, -0.1) is 0 Å². The standard InChI is InChI=1S/C12H17NO4/c1-7(2)11-13-9(10(17-11)12(14)15)8-3-5-16-6-4-8/h7-8H,3-6H2,1-2H3,(H,14,15). The number of aromatic carboxylic acids is 1. The van der Waals surface area contributed by atoms with Crippen LogP contribution >= 0.6 is 0 Å². The first-order valence-corrected chi connectivity index (χ1v) is 5.91. The molecule has 0 aliphatic carbocycles. The Morgan fingerprint density at radius 3 is 2.59 bits per heavy atom. The summed E-state index contributed by atoms with van der Waals surface area (Å²) in [6.07, 6.45) is 1.62. The maximum Gasteiger partial charge on any atom is 0.373 e. The second kappa shape index (κ2) is 4.87. The minimum atomic E-state index is -1.04. The first kappa shape index (κ1) is 12.1. The van der Waals surface area contributed by atoms with E-state index in [1.807, 2.05) is 13.8 Å². The highest BCUT2D eigenvalue weighted by atomic mass is 16.5. The van der Waals surface area contributed by atoms with E-state index in [1.54, 1.807) is 0 Å². The maximum atomic E-state index is 11.1.